The monoisotopic (exact) mass is 213 g/mol. The molecule has 0 bridgehead atoms. The van der Waals surface area contributed by atoms with Crippen LogP contribution >= 0.6 is 11.5 Å². The molecular formula is C7H11N5OS. The van der Waals surface area contributed by atoms with Crippen molar-refractivity contribution in [1.82, 2.24) is 25.8 Å². The number of nitrogens with zero attached hydrogens (tertiary/aromatic N) is 2. The van der Waals surface area contributed by atoms with Gasteiger partial charge in [0.1, 0.15) is 0 Å². The average Bonchev–Trinajstić information content (AvgIpc) is 2.87. The molecule has 0 aliphatic carbocycles. The molecule has 1 aromatic rings. The minimum atomic E-state index is -0.148. The van der Waals surface area contributed by atoms with E-state index in [4.69, 9.17) is 0 Å². The van der Waals surface area contributed by atoms with Crippen LogP contribution in [0.5, 0.6) is 0 Å². The fraction of sp³-hybridized carbons (Fsp3) is 0.571. The third kappa shape index (κ3) is 2.25. The highest BCUT2D eigenvalue weighted by atomic mass is 32.1. The lowest BCUT2D eigenvalue weighted by atomic mass is 10.1. The SMILES string of the molecule is O=C(NCC1CNNC1)c1csnn1. The molecule has 0 radical (unpaired) electrons. The Morgan fingerprint density at radius 1 is 1.64 bits per heavy atom. The Bertz CT molecular complexity index is 295. The van der Waals surface area contributed by atoms with Crippen LogP contribution in [0.3, 0.4) is 0 Å². The second-order valence-electron chi connectivity index (χ2n) is 3.13. The highest BCUT2D eigenvalue weighted by Gasteiger charge is 2.16. The second kappa shape index (κ2) is 4.45. The standard InChI is InChI=1S/C7H11N5OS/c13-7(6-4-14-12-11-6)8-1-5-2-9-10-3-5/h4-5,9-10H,1-3H2,(H,8,13). The molecular weight excluding hydrogens is 202 g/mol. The van der Waals surface area contributed by atoms with Crippen molar-refractivity contribution >= 4 is 17.4 Å². The molecule has 0 atom stereocenters. The molecule has 1 aromatic heterocycles. The van der Waals surface area contributed by atoms with Crippen LogP contribution in [0.15, 0.2) is 5.38 Å². The number of rotatable bonds is 3. The molecule has 1 aliphatic rings. The summed E-state index contributed by atoms with van der Waals surface area (Å²) in [6.45, 7) is 2.43. The Balaban J connectivity index is 1.78. The third-order valence-corrected chi connectivity index (χ3v) is 2.56. The summed E-state index contributed by atoms with van der Waals surface area (Å²) in [5.74, 6) is 0.302. The summed E-state index contributed by atoms with van der Waals surface area (Å²) in [4.78, 5) is 11.4. The van der Waals surface area contributed by atoms with Gasteiger partial charge in [0, 0.05) is 30.9 Å². The summed E-state index contributed by atoms with van der Waals surface area (Å²) in [7, 11) is 0. The molecule has 1 fully saturated rings. The molecule has 0 unspecified atom stereocenters. The number of hydrazine groups is 1. The van der Waals surface area contributed by atoms with E-state index >= 15 is 0 Å². The minimum Gasteiger partial charge on any atom is -0.350 e. The van der Waals surface area contributed by atoms with Crippen molar-refractivity contribution in [2.75, 3.05) is 19.6 Å². The lowest BCUT2D eigenvalue weighted by Gasteiger charge is -2.07. The van der Waals surface area contributed by atoms with Gasteiger partial charge in [-0.25, -0.2) is 0 Å². The number of nitrogens with one attached hydrogen (secondary N) is 3. The molecule has 2 rings (SSSR count). The lowest BCUT2D eigenvalue weighted by Crippen LogP contribution is -2.31. The molecule has 0 spiro atoms. The average molecular weight is 213 g/mol. The number of carbonyl (C=O) groups is 1. The molecule has 1 amide bonds. The lowest BCUT2D eigenvalue weighted by molar-refractivity contribution is 0.0944. The Morgan fingerprint density at radius 2 is 2.43 bits per heavy atom. The van der Waals surface area contributed by atoms with E-state index in [0.717, 1.165) is 13.1 Å². The van der Waals surface area contributed by atoms with E-state index in [1.165, 1.54) is 11.5 Å². The number of hydrogen-bond donors (Lipinski definition) is 3. The Labute approximate surface area is 85.2 Å². The van der Waals surface area contributed by atoms with E-state index in [2.05, 4.69) is 25.8 Å². The maximum absolute atomic E-state index is 11.4. The van der Waals surface area contributed by atoms with E-state index in [-0.39, 0.29) is 5.91 Å². The summed E-state index contributed by atoms with van der Waals surface area (Å²) in [6, 6.07) is 0. The predicted molar refractivity (Wildman–Crippen MR) is 51.7 cm³/mol. The van der Waals surface area contributed by atoms with Gasteiger partial charge in [0.2, 0.25) is 0 Å². The normalized spacial score (nSPS) is 17.1. The zero-order chi connectivity index (χ0) is 9.80. The fourth-order valence-corrected chi connectivity index (χ4v) is 1.68. The van der Waals surface area contributed by atoms with Crippen LogP contribution in [0, 0.1) is 5.92 Å². The highest BCUT2D eigenvalue weighted by molar-refractivity contribution is 7.03. The summed E-state index contributed by atoms with van der Waals surface area (Å²) in [5.41, 5.74) is 6.40. The Kier molecular flexibility index (Phi) is 3.02. The maximum atomic E-state index is 11.4. The van der Waals surface area contributed by atoms with Gasteiger partial charge in [-0.2, -0.15) is 0 Å². The van der Waals surface area contributed by atoms with Crippen LogP contribution in [0.4, 0.5) is 0 Å². The van der Waals surface area contributed by atoms with Gasteiger partial charge in [0.05, 0.1) is 0 Å². The van der Waals surface area contributed by atoms with Gasteiger partial charge in [-0.05, 0) is 11.5 Å². The van der Waals surface area contributed by atoms with Crippen molar-refractivity contribution in [3.05, 3.63) is 11.1 Å². The van der Waals surface area contributed by atoms with Gasteiger partial charge in [-0.15, -0.1) is 5.10 Å². The molecule has 6 nitrogen and oxygen atoms in total. The summed E-state index contributed by atoms with van der Waals surface area (Å²) < 4.78 is 3.63. The summed E-state index contributed by atoms with van der Waals surface area (Å²) >= 11 is 1.18. The maximum Gasteiger partial charge on any atom is 0.272 e. The van der Waals surface area contributed by atoms with Gasteiger partial charge in [0.25, 0.3) is 5.91 Å². The number of carbonyl (C=O) groups excluding carboxylic acids is 1. The smallest absolute Gasteiger partial charge is 0.272 e. The first-order valence-electron chi connectivity index (χ1n) is 4.37. The molecule has 0 saturated carbocycles. The first-order chi connectivity index (χ1) is 6.86. The number of aromatic nitrogens is 2. The molecule has 2 heterocycles. The van der Waals surface area contributed by atoms with Gasteiger partial charge >= 0.3 is 0 Å². The van der Waals surface area contributed by atoms with Gasteiger partial charge < -0.3 is 5.32 Å². The largest absolute Gasteiger partial charge is 0.350 e. The van der Waals surface area contributed by atoms with Crippen LogP contribution in [0.1, 0.15) is 10.5 Å². The summed E-state index contributed by atoms with van der Waals surface area (Å²) in [6.07, 6.45) is 0. The van der Waals surface area contributed by atoms with Gasteiger partial charge in [-0.3, -0.25) is 15.6 Å². The predicted octanol–water partition coefficient (Wildman–Crippen LogP) is -1.01. The topological polar surface area (TPSA) is 78.9 Å². The van der Waals surface area contributed by atoms with Crippen molar-refractivity contribution in [1.29, 1.82) is 0 Å². The van der Waals surface area contributed by atoms with E-state index in [1.54, 1.807) is 5.38 Å². The van der Waals surface area contributed by atoms with E-state index in [1.807, 2.05) is 0 Å². The number of hydrogen-bond acceptors (Lipinski definition) is 6. The summed E-state index contributed by atoms with van der Waals surface area (Å²) in [5, 5.41) is 8.14. The number of amides is 1. The Morgan fingerprint density at radius 3 is 3.07 bits per heavy atom. The molecule has 0 aromatic carbocycles. The van der Waals surface area contributed by atoms with Crippen molar-refractivity contribution in [3.8, 4) is 0 Å². The first-order valence-corrected chi connectivity index (χ1v) is 5.21. The van der Waals surface area contributed by atoms with Gasteiger partial charge in [-0.1, -0.05) is 4.49 Å². The molecule has 7 heteroatoms. The molecule has 14 heavy (non-hydrogen) atoms. The molecule has 1 saturated heterocycles. The zero-order valence-corrected chi connectivity index (χ0v) is 8.30. The van der Waals surface area contributed by atoms with Crippen LogP contribution in [0.25, 0.3) is 0 Å². The minimum absolute atomic E-state index is 0.148. The fourth-order valence-electron chi connectivity index (χ4n) is 1.24. The second-order valence-corrected chi connectivity index (χ2v) is 3.74. The van der Waals surface area contributed by atoms with Crippen molar-refractivity contribution in [3.63, 3.8) is 0 Å². The van der Waals surface area contributed by atoms with Crippen LogP contribution in [0.2, 0.25) is 0 Å². The van der Waals surface area contributed by atoms with Crippen molar-refractivity contribution in [2.45, 2.75) is 0 Å². The van der Waals surface area contributed by atoms with Crippen molar-refractivity contribution in [2.24, 2.45) is 5.92 Å². The van der Waals surface area contributed by atoms with Crippen LogP contribution in [-0.2, 0) is 0 Å². The van der Waals surface area contributed by atoms with E-state index in [0.29, 0.717) is 18.2 Å². The first kappa shape index (κ1) is 9.50. The van der Waals surface area contributed by atoms with Gasteiger partial charge in [0.15, 0.2) is 5.69 Å². The van der Waals surface area contributed by atoms with Crippen LogP contribution < -0.4 is 16.2 Å². The van der Waals surface area contributed by atoms with Crippen LogP contribution in [-0.4, -0.2) is 35.1 Å². The highest BCUT2D eigenvalue weighted by Crippen LogP contribution is 1.99. The zero-order valence-electron chi connectivity index (χ0n) is 7.49. The Hall–Kier alpha value is -1.05. The third-order valence-electron chi connectivity index (χ3n) is 2.05. The van der Waals surface area contributed by atoms with E-state index in [9.17, 15) is 4.79 Å². The van der Waals surface area contributed by atoms with Crippen molar-refractivity contribution < 1.29 is 4.79 Å². The molecule has 3 N–H and O–H groups in total. The van der Waals surface area contributed by atoms with E-state index < -0.39 is 0 Å². The molecule has 1 aliphatic heterocycles. The quantitative estimate of drug-likeness (QED) is 0.599. The molecule has 76 valence electrons.